The normalized spacial score (nSPS) is 10.2. The summed E-state index contributed by atoms with van der Waals surface area (Å²) in [6.45, 7) is 2.38. The molecular formula is C12H13N3O2. The molecule has 5 nitrogen and oxygen atoms in total. The standard InChI is InChI=1S/C12H13N3O2/c1-9-7-11(17-15-9)4-6-14-12(16)10-3-2-5-13-8-10/h2-3,5,7-8H,4,6H2,1H3,(H,14,16). The van der Waals surface area contributed by atoms with Crippen LogP contribution in [0.1, 0.15) is 21.8 Å². The van der Waals surface area contributed by atoms with Crippen LogP contribution in [0.4, 0.5) is 0 Å². The average Bonchev–Trinajstić information content (AvgIpc) is 2.76. The van der Waals surface area contributed by atoms with Crippen molar-refractivity contribution in [1.82, 2.24) is 15.5 Å². The lowest BCUT2D eigenvalue weighted by atomic mass is 10.2. The van der Waals surface area contributed by atoms with Gasteiger partial charge < -0.3 is 9.84 Å². The Labute approximate surface area is 98.8 Å². The maximum atomic E-state index is 11.6. The molecular weight excluding hydrogens is 218 g/mol. The molecule has 0 bridgehead atoms. The van der Waals surface area contributed by atoms with Crippen molar-refractivity contribution in [2.45, 2.75) is 13.3 Å². The summed E-state index contributed by atoms with van der Waals surface area (Å²) in [5.74, 6) is 0.642. The number of carbonyl (C=O) groups is 1. The molecule has 0 radical (unpaired) electrons. The smallest absolute Gasteiger partial charge is 0.252 e. The van der Waals surface area contributed by atoms with E-state index in [0.717, 1.165) is 11.5 Å². The Kier molecular flexibility index (Phi) is 3.49. The minimum Gasteiger partial charge on any atom is -0.361 e. The molecule has 0 saturated heterocycles. The lowest BCUT2D eigenvalue weighted by Gasteiger charge is -2.02. The van der Waals surface area contributed by atoms with Gasteiger partial charge in [0.25, 0.3) is 5.91 Å². The molecule has 1 amide bonds. The minimum atomic E-state index is -0.130. The monoisotopic (exact) mass is 231 g/mol. The quantitative estimate of drug-likeness (QED) is 0.862. The Hall–Kier alpha value is -2.17. The first kappa shape index (κ1) is 11.3. The van der Waals surface area contributed by atoms with Crippen molar-refractivity contribution in [3.8, 4) is 0 Å². The van der Waals surface area contributed by atoms with Gasteiger partial charge in [0.15, 0.2) is 0 Å². The third-order valence-corrected chi connectivity index (χ3v) is 2.26. The molecule has 2 rings (SSSR count). The largest absolute Gasteiger partial charge is 0.361 e. The number of pyridine rings is 1. The van der Waals surface area contributed by atoms with Gasteiger partial charge in [-0.25, -0.2) is 0 Å². The van der Waals surface area contributed by atoms with Crippen LogP contribution >= 0.6 is 0 Å². The van der Waals surface area contributed by atoms with E-state index in [1.54, 1.807) is 18.3 Å². The predicted molar refractivity (Wildman–Crippen MR) is 61.5 cm³/mol. The molecule has 0 aliphatic carbocycles. The third-order valence-electron chi connectivity index (χ3n) is 2.26. The summed E-state index contributed by atoms with van der Waals surface area (Å²) in [6.07, 6.45) is 3.80. The van der Waals surface area contributed by atoms with Crippen LogP contribution in [0.15, 0.2) is 35.1 Å². The SMILES string of the molecule is Cc1cc(CCNC(=O)c2cccnc2)on1. The second-order valence-electron chi connectivity index (χ2n) is 3.68. The van der Waals surface area contributed by atoms with E-state index in [-0.39, 0.29) is 5.91 Å². The highest BCUT2D eigenvalue weighted by molar-refractivity contribution is 5.93. The molecule has 0 fully saturated rings. The number of rotatable bonds is 4. The van der Waals surface area contributed by atoms with Gasteiger partial charge in [0.2, 0.25) is 0 Å². The van der Waals surface area contributed by atoms with Crippen LogP contribution in [0.2, 0.25) is 0 Å². The van der Waals surface area contributed by atoms with Gasteiger partial charge in [-0.3, -0.25) is 9.78 Å². The van der Waals surface area contributed by atoms with Gasteiger partial charge in [-0.2, -0.15) is 0 Å². The molecule has 0 unspecified atom stereocenters. The van der Waals surface area contributed by atoms with Crippen molar-refractivity contribution in [2.24, 2.45) is 0 Å². The summed E-state index contributed by atoms with van der Waals surface area (Å²) in [4.78, 5) is 15.5. The van der Waals surface area contributed by atoms with Gasteiger partial charge in [-0.05, 0) is 19.1 Å². The molecule has 0 spiro atoms. The molecule has 2 aromatic rings. The van der Waals surface area contributed by atoms with Gasteiger partial charge in [0.1, 0.15) is 5.76 Å². The first-order valence-electron chi connectivity index (χ1n) is 5.36. The lowest BCUT2D eigenvalue weighted by molar-refractivity contribution is 0.0953. The second-order valence-corrected chi connectivity index (χ2v) is 3.68. The zero-order valence-corrected chi connectivity index (χ0v) is 9.51. The maximum Gasteiger partial charge on any atom is 0.252 e. The zero-order chi connectivity index (χ0) is 12.1. The summed E-state index contributed by atoms with van der Waals surface area (Å²) >= 11 is 0. The molecule has 0 aromatic carbocycles. The second kappa shape index (κ2) is 5.25. The van der Waals surface area contributed by atoms with E-state index < -0.39 is 0 Å². The van der Waals surface area contributed by atoms with Gasteiger partial charge in [0, 0.05) is 31.4 Å². The Morgan fingerprint density at radius 2 is 2.41 bits per heavy atom. The number of nitrogens with one attached hydrogen (secondary N) is 1. The highest BCUT2D eigenvalue weighted by atomic mass is 16.5. The highest BCUT2D eigenvalue weighted by Gasteiger charge is 2.05. The van der Waals surface area contributed by atoms with Crippen LogP contribution in [0.25, 0.3) is 0 Å². The van der Waals surface area contributed by atoms with E-state index >= 15 is 0 Å². The predicted octanol–water partition coefficient (Wildman–Crippen LogP) is 1.35. The average molecular weight is 231 g/mol. The van der Waals surface area contributed by atoms with E-state index in [1.807, 2.05) is 13.0 Å². The number of hydrogen-bond acceptors (Lipinski definition) is 4. The van der Waals surface area contributed by atoms with Gasteiger partial charge in [-0.1, -0.05) is 5.16 Å². The number of aryl methyl sites for hydroxylation is 1. The summed E-state index contributed by atoms with van der Waals surface area (Å²) in [5.41, 5.74) is 1.40. The summed E-state index contributed by atoms with van der Waals surface area (Å²) in [7, 11) is 0. The van der Waals surface area contributed by atoms with Crippen molar-refractivity contribution in [3.05, 3.63) is 47.6 Å². The number of aromatic nitrogens is 2. The number of carbonyl (C=O) groups excluding carboxylic acids is 1. The molecule has 2 heterocycles. The minimum absolute atomic E-state index is 0.130. The molecule has 0 atom stereocenters. The van der Waals surface area contributed by atoms with Crippen LogP contribution in [0.3, 0.4) is 0 Å². The number of hydrogen-bond donors (Lipinski definition) is 1. The van der Waals surface area contributed by atoms with Gasteiger partial charge >= 0.3 is 0 Å². The van der Waals surface area contributed by atoms with Crippen LogP contribution in [0, 0.1) is 6.92 Å². The van der Waals surface area contributed by atoms with Crippen molar-refractivity contribution >= 4 is 5.91 Å². The zero-order valence-electron chi connectivity index (χ0n) is 9.51. The lowest BCUT2D eigenvalue weighted by Crippen LogP contribution is -2.25. The number of nitrogens with zero attached hydrogens (tertiary/aromatic N) is 2. The fraction of sp³-hybridized carbons (Fsp3) is 0.250. The van der Waals surface area contributed by atoms with Gasteiger partial charge in [0.05, 0.1) is 11.3 Å². The van der Waals surface area contributed by atoms with E-state index in [9.17, 15) is 4.79 Å². The van der Waals surface area contributed by atoms with E-state index in [0.29, 0.717) is 18.5 Å². The van der Waals surface area contributed by atoms with Gasteiger partial charge in [-0.15, -0.1) is 0 Å². The molecule has 0 aliphatic rings. The summed E-state index contributed by atoms with van der Waals surface area (Å²) in [5, 5.41) is 6.56. The fourth-order valence-corrected chi connectivity index (χ4v) is 1.43. The highest BCUT2D eigenvalue weighted by Crippen LogP contribution is 2.02. The number of amides is 1. The van der Waals surface area contributed by atoms with Crippen molar-refractivity contribution in [2.75, 3.05) is 6.54 Å². The molecule has 5 heteroatoms. The Morgan fingerprint density at radius 3 is 3.06 bits per heavy atom. The first-order valence-corrected chi connectivity index (χ1v) is 5.36. The molecule has 88 valence electrons. The van der Waals surface area contributed by atoms with Crippen molar-refractivity contribution in [3.63, 3.8) is 0 Å². The molecule has 1 N–H and O–H groups in total. The molecule has 0 aliphatic heterocycles. The summed E-state index contributed by atoms with van der Waals surface area (Å²) in [6, 6.07) is 5.31. The fourth-order valence-electron chi connectivity index (χ4n) is 1.43. The van der Waals surface area contributed by atoms with Crippen LogP contribution in [0.5, 0.6) is 0 Å². The van der Waals surface area contributed by atoms with E-state index in [4.69, 9.17) is 4.52 Å². The van der Waals surface area contributed by atoms with Crippen LogP contribution in [-0.4, -0.2) is 22.6 Å². The van der Waals surface area contributed by atoms with Crippen molar-refractivity contribution in [1.29, 1.82) is 0 Å². The van der Waals surface area contributed by atoms with Crippen LogP contribution < -0.4 is 5.32 Å². The van der Waals surface area contributed by atoms with Crippen molar-refractivity contribution < 1.29 is 9.32 Å². The van der Waals surface area contributed by atoms with E-state index in [2.05, 4.69) is 15.5 Å². The topological polar surface area (TPSA) is 68.0 Å². The summed E-state index contributed by atoms with van der Waals surface area (Å²) < 4.78 is 5.04. The Balaban J connectivity index is 1.81. The van der Waals surface area contributed by atoms with Crippen LogP contribution in [-0.2, 0) is 6.42 Å². The Morgan fingerprint density at radius 1 is 1.53 bits per heavy atom. The first-order chi connectivity index (χ1) is 8.25. The molecule has 17 heavy (non-hydrogen) atoms. The van der Waals surface area contributed by atoms with E-state index in [1.165, 1.54) is 6.20 Å². The maximum absolute atomic E-state index is 11.6. The third kappa shape index (κ3) is 3.14. The molecule has 2 aromatic heterocycles. The molecule has 0 saturated carbocycles. The Bertz CT molecular complexity index is 493.